The van der Waals surface area contributed by atoms with Gasteiger partial charge in [0, 0.05) is 35.5 Å². The number of rotatable bonds is 10. The molecule has 204 valence electrons. The quantitative estimate of drug-likeness (QED) is 0.216. The van der Waals surface area contributed by atoms with E-state index in [4.69, 9.17) is 19.1 Å². The summed E-state index contributed by atoms with van der Waals surface area (Å²) in [6.45, 7) is 8.76. The molecule has 2 heterocycles. The fraction of sp³-hybridized carbons (Fsp3) is 0.219. The molecule has 5 aromatic rings. The maximum atomic E-state index is 13.0. The molecule has 5 rings (SSSR count). The van der Waals surface area contributed by atoms with Crippen LogP contribution in [-0.4, -0.2) is 33.6 Å². The molecular weight excluding hydrogens is 504 g/mol. The number of carbonyl (C=O) groups is 1. The van der Waals surface area contributed by atoms with Gasteiger partial charge in [-0.25, -0.2) is 4.68 Å². The maximum absolute atomic E-state index is 13.0. The first-order valence-electron chi connectivity index (χ1n) is 13.3. The molecule has 0 aliphatic rings. The highest BCUT2D eigenvalue weighted by molar-refractivity contribution is 5.93. The Kier molecular flexibility index (Phi) is 7.96. The number of hydrogen-bond acceptors (Lipinski definition) is 6. The largest absolute Gasteiger partial charge is 0.494 e. The molecular formula is C32H32N4O4. The standard InChI is InChI=1S/C32H32N4O4/c1-5-38-27-14-11-23(12-15-27)31-25(20-36(34-31)26-9-7-6-8-10-26)19-33-32(37)28-18-30(40-35-28)24-13-16-29(22(4)17-24)39-21(2)3/h6-18,20-21H,5,19H2,1-4H3,(H,33,37). The molecule has 0 aliphatic carbocycles. The average molecular weight is 537 g/mol. The van der Waals surface area contributed by atoms with E-state index >= 15 is 0 Å². The number of aryl methyl sites for hydroxylation is 1. The second kappa shape index (κ2) is 11.9. The lowest BCUT2D eigenvalue weighted by molar-refractivity contribution is 0.0942. The third kappa shape index (κ3) is 6.07. The molecule has 40 heavy (non-hydrogen) atoms. The number of aromatic nitrogens is 3. The van der Waals surface area contributed by atoms with E-state index in [2.05, 4.69) is 10.5 Å². The summed E-state index contributed by atoms with van der Waals surface area (Å²) in [7, 11) is 0. The van der Waals surface area contributed by atoms with Crippen LogP contribution in [0.1, 0.15) is 42.4 Å². The molecule has 8 nitrogen and oxygen atoms in total. The highest BCUT2D eigenvalue weighted by atomic mass is 16.5. The fourth-order valence-corrected chi connectivity index (χ4v) is 4.34. The molecule has 0 unspecified atom stereocenters. The first-order chi connectivity index (χ1) is 19.4. The predicted molar refractivity (Wildman–Crippen MR) is 154 cm³/mol. The molecule has 0 fully saturated rings. The average Bonchev–Trinajstić information content (AvgIpc) is 3.62. The van der Waals surface area contributed by atoms with E-state index in [-0.39, 0.29) is 24.2 Å². The Balaban J connectivity index is 1.34. The molecule has 3 aromatic carbocycles. The van der Waals surface area contributed by atoms with Gasteiger partial charge in [0.2, 0.25) is 0 Å². The van der Waals surface area contributed by atoms with Gasteiger partial charge in [-0.15, -0.1) is 0 Å². The summed E-state index contributed by atoms with van der Waals surface area (Å²) in [4.78, 5) is 13.0. The lowest BCUT2D eigenvalue weighted by Crippen LogP contribution is -2.23. The van der Waals surface area contributed by atoms with Crippen molar-refractivity contribution in [3.8, 4) is 39.8 Å². The molecule has 0 saturated heterocycles. The molecule has 0 saturated carbocycles. The lowest BCUT2D eigenvalue weighted by atomic mass is 10.1. The monoisotopic (exact) mass is 536 g/mol. The van der Waals surface area contributed by atoms with Gasteiger partial charge in [-0.2, -0.15) is 5.10 Å². The van der Waals surface area contributed by atoms with E-state index in [0.29, 0.717) is 12.4 Å². The molecule has 8 heteroatoms. The number of amides is 1. The summed E-state index contributed by atoms with van der Waals surface area (Å²) in [5.41, 5.74) is 5.48. The zero-order valence-electron chi connectivity index (χ0n) is 23.0. The molecule has 0 spiro atoms. The Morgan fingerprint density at radius 3 is 2.45 bits per heavy atom. The van der Waals surface area contributed by atoms with Crippen molar-refractivity contribution in [2.75, 3.05) is 6.61 Å². The van der Waals surface area contributed by atoms with E-state index in [1.54, 1.807) is 6.07 Å². The fourth-order valence-electron chi connectivity index (χ4n) is 4.34. The zero-order chi connectivity index (χ0) is 28.1. The molecule has 1 amide bonds. The number of hydrogen-bond donors (Lipinski definition) is 1. The second-order valence-electron chi connectivity index (χ2n) is 9.65. The van der Waals surface area contributed by atoms with Crippen LogP contribution in [0.25, 0.3) is 28.3 Å². The van der Waals surface area contributed by atoms with Crippen molar-refractivity contribution in [2.24, 2.45) is 0 Å². The number of para-hydroxylation sites is 1. The third-order valence-corrected chi connectivity index (χ3v) is 6.25. The van der Waals surface area contributed by atoms with Crippen LogP contribution in [0.4, 0.5) is 0 Å². The van der Waals surface area contributed by atoms with Gasteiger partial charge >= 0.3 is 0 Å². The van der Waals surface area contributed by atoms with Crippen LogP contribution in [0.3, 0.4) is 0 Å². The van der Waals surface area contributed by atoms with Gasteiger partial charge in [-0.1, -0.05) is 23.4 Å². The summed E-state index contributed by atoms with van der Waals surface area (Å²) >= 11 is 0. The van der Waals surface area contributed by atoms with Crippen LogP contribution >= 0.6 is 0 Å². The van der Waals surface area contributed by atoms with Gasteiger partial charge in [0.05, 0.1) is 24.1 Å². The first-order valence-corrected chi connectivity index (χ1v) is 13.3. The normalized spacial score (nSPS) is 11.0. The Bertz CT molecular complexity index is 1590. The Hall–Kier alpha value is -4.85. The number of carbonyl (C=O) groups excluding carboxylic acids is 1. The van der Waals surface area contributed by atoms with Crippen molar-refractivity contribution < 1.29 is 18.8 Å². The van der Waals surface area contributed by atoms with Gasteiger partial charge in [0.1, 0.15) is 11.5 Å². The van der Waals surface area contributed by atoms with Crippen molar-refractivity contribution in [1.29, 1.82) is 0 Å². The van der Waals surface area contributed by atoms with E-state index in [9.17, 15) is 4.79 Å². The van der Waals surface area contributed by atoms with E-state index in [0.717, 1.165) is 45.1 Å². The maximum Gasteiger partial charge on any atom is 0.273 e. The van der Waals surface area contributed by atoms with Crippen LogP contribution < -0.4 is 14.8 Å². The minimum Gasteiger partial charge on any atom is -0.494 e. The SMILES string of the molecule is CCOc1ccc(-c2nn(-c3ccccc3)cc2CNC(=O)c2cc(-c3ccc(OC(C)C)c(C)c3)on2)cc1. The van der Waals surface area contributed by atoms with Crippen LogP contribution in [0.2, 0.25) is 0 Å². The van der Waals surface area contributed by atoms with Crippen LogP contribution in [-0.2, 0) is 6.54 Å². The predicted octanol–water partition coefficient (Wildman–Crippen LogP) is 6.62. The molecule has 2 aromatic heterocycles. The van der Waals surface area contributed by atoms with Crippen LogP contribution in [0.15, 0.2) is 89.6 Å². The number of benzene rings is 3. The van der Waals surface area contributed by atoms with Crippen molar-refractivity contribution in [3.63, 3.8) is 0 Å². The Morgan fingerprint density at radius 2 is 1.75 bits per heavy atom. The topological polar surface area (TPSA) is 91.4 Å². The summed E-state index contributed by atoms with van der Waals surface area (Å²) < 4.78 is 18.7. The molecule has 0 atom stereocenters. The van der Waals surface area contributed by atoms with Crippen molar-refractivity contribution in [1.82, 2.24) is 20.3 Å². The molecule has 0 aliphatic heterocycles. The minimum absolute atomic E-state index is 0.0832. The zero-order valence-corrected chi connectivity index (χ0v) is 23.0. The van der Waals surface area contributed by atoms with Gasteiger partial charge in [-0.05, 0) is 87.9 Å². The second-order valence-corrected chi connectivity index (χ2v) is 9.65. The van der Waals surface area contributed by atoms with Crippen molar-refractivity contribution in [2.45, 2.75) is 40.3 Å². The van der Waals surface area contributed by atoms with Crippen molar-refractivity contribution >= 4 is 5.91 Å². The van der Waals surface area contributed by atoms with Crippen molar-refractivity contribution in [3.05, 3.63) is 102 Å². The van der Waals surface area contributed by atoms with Crippen LogP contribution in [0, 0.1) is 6.92 Å². The summed E-state index contributed by atoms with van der Waals surface area (Å²) in [6, 6.07) is 25.0. The summed E-state index contributed by atoms with van der Waals surface area (Å²) in [5, 5.41) is 11.8. The van der Waals surface area contributed by atoms with Crippen LogP contribution in [0.5, 0.6) is 11.5 Å². The minimum atomic E-state index is -0.336. The number of nitrogens with one attached hydrogen (secondary N) is 1. The van der Waals surface area contributed by atoms with Gasteiger partial charge in [0.25, 0.3) is 5.91 Å². The highest BCUT2D eigenvalue weighted by Crippen LogP contribution is 2.28. The number of ether oxygens (including phenoxy) is 2. The van der Waals surface area contributed by atoms with Gasteiger partial charge in [-0.3, -0.25) is 4.79 Å². The van der Waals surface area contributed by atoms with E-state index < -0.39 is 0 Å². The summed E-state index contributed by atoms with van der Waals surface area (Å²) in [6.07, 6.45) is 2.01. The smallest absolute Gasteiger partial charge is 0.273 e. The molecule has 0 bridgehead atoms. The van der Waals surface area contributed by atoms with E-state index in [1.165, 1.54) is 0 Å². The summed E-state index contributed by atoms with van der Waals surface area (Å²) in [5.74, 6) is 1.78. The molecule has 1 N–H and O–H groups in total. The Labute approximate surface area is 233 Å². The lowest BCUT2D eigenvalue weighted by Gasteiger charge is -2.12. The van der Waals surface area contributed by atoms with Gasteiger partial charge in [0.15, 0.2) is 11.5 Å². The van der Waals surface area contributed by atoms with E-state index in [1.807, 2.05) is 111 Å². The Morgan fingerprint density at radius 1 is 1.00 bits per heavy atom. The molecule has 0 radical (unpaired) electrons. The van der Waals surface area contributed by atoms with Gasteiger partial charge < -0.3 is 19.3 Å². The third-order valence-electron chi connectivity index (χ3n) is 6.25. The highest BCUT2D eigenvalue weighted by Gasteiger charge is 2.18. The number of nitrogens with zero attached hydrogens (tertiary/aromatic N) is 3. The first kappa shape index (κ1) is 26.7.